The largest absolute Gasteiger partial charge is 0.469 e. The molecule has 0 amide bonds. The van der Waals surface area contributed by atoms with E-state index in [-0.39, 0.29) is 17.7 Å². The van der Waals surface area contributed by atoms with E-state index in [1.54, 1.807) is 18.3 Å². The van der Waals surface area contributed by atoms with Gasteiger partial charge in [0.25, 0.3) is 0 Å². The van der Waals surface area contributed by atoms with Crippen molar-refractivity contribution in [3.05, 3.63) is 60.0 Å². The van der Waals surface area contributed by atoms with Gasteiger partial charge in [-0.15, -0.1) is 11.3 Å². The topological polar surface area (TPSA) is 55.3 Å². The van der Waals surface area contributed by atoms with Crippen LogP contribution in [0.15, 0.2) is 48.7 Å². The van der Waals surface area contributed by atoms with Crippen LogP contribution in [0.3, 0.4) is 0 Å². The van der Waals surface area contributed by atoms with Crippen molar-refractivity contribution in [3.63, 3.8) is 0 Å². The number of methoxy groups -OCH3 is 1. The van der Waals surface area contributed by atoms with E-state index in [4.69, 9.17) is 9.72 Å². The van der Waals surface area contributed by atoms with E-state index >= 15 is 0 Å². The number of hydrogen-bond acceptors (Lipinski definition) is 6. The molecule has 1 saturated heterocycles. The minimum absolute atomic E-state index is 0.0730. The second-order valence-corrected chi connectivity index (χ2v) is 8.26. The highest BCUT2D eigenvalue weighted by atomic mass is 32.1. The second-order valence-electron chi connectivity index (χ2n) is 7.23. The summed E-state index contributed by atoms with van der Waals surface area (Å²) in [6.07, 6.45) is 1.76. The van der Waals surface area contributed by atoms with Gasteiger partial charge in [0, 0.05) is 36.8 Å². The molecule has 0 saturated carbocycles. The minimum atomic E-state index is -0.283. The summed E-state index contributed by atoms with van der Waals surface area (Å²) in [6, 6.07) is 13.1. The molecule has 146 valence electrons. The third-order valence-corrected chi connectivity index (χ3v) is 6.36. The molecule has 5 rings (SSSR count). The molecular formula is C22H18FN3O2S. The van der Waals surface area contributed by atoms with Gasteiger partial charge in [-0.2, -0.15) is 0 Å². The highest BCUT2D eigenvalue weighted by Crippen LogP contribution is 2.35. The molecule has 1 fully saturated rings. The predicted octanol–water partition coefficient (Wildman–Crippen LogP) is 4.26. The van der Waals surface area contributed by atoms with Crippen LogP contribution < -0.4 is 0 Å². The number of carbonyl (C=O) groups is 1. The summed E-state index contributed by atoms with van der Waals surface area (Å²) in [5, 5.41) is 1.64. The SMILES string of the molecule is COC(=O)C1CN(Cc2ccc(-c3nc4c(ccc5ncccc54)s3)c(F)c2)C1. The number of esters is 1. The lowest BCUT2D eigenvalue weighted by Gasteiger charge is -2.37. The molecule has 1 aliphatic rings. The fraction of sp³-hybridized carbons (Fsp3) is 0.227. The first-order valence-electron chi connectivity index (χ1n) is 9.35. The molecule has 2 aromatic carbocycles. The molecule has 0 unspecified atom stereocenters. The molecule has 0 spiro atoms. The summed E-state index contributed by atoms with van der Waals surface area (Å²) >= 11 is 1.48. The number of thiazole rings is 1. The van der Waals surface area contributed by atoms with Crippen LogP contribution in [0.2, 0.25) is 0 Å². The van der Waals surface area contributed by atoms with Gasteiger partial charge in [0.1, 0.15) is 10.8 Å². The summed E-state index contributed by atoms with van der Waals surface area (Å²) in [6.45, 7) is 1.91. The predicted molar refractivity (Wildman–Crippen MR) is 111 cm³/mol. The first kappa shape index (κ1) is 18.1. The van der Waals surface area contributed by atoms with Gasteiger partial charge in [0.15, 0.2) is 0 Å². The molecule has 0 aliphatic carbocycles. The summed E-state index contributed by atoms with van der Waals surface area (Å²) < 4.78 is 20.6. The van der Waals surface area contributed by atoms with Gasteiger partial charge in [0.05, 0.1) is 28.8 Å². The maximum atomic E-state index is 14.9. The molecule has 5 nitrogen and oxygen atoms in total. The van der Waals surface area contributed by atoms with Gasteiger partial charge in [-0.1, -0.05) is 6.07 Å². The minimum Gasteiger partial charge on any atom is -0.469 e. The Morgan fingerprint density at radius 1 is 1.28 bits per heavy atom. The van der Waals surface area contributed by atoms with Crippen molar-refractivity contribution in [2.75, 3.05) is 20.2 Å². The van der Waals surface area contributed by atoms with E-state index in [0.717, 1.165) is 26.7 Å². The maximum Gasteiger partial charge on any atom is 0.311 e. The third kappa shape index (κ3) is 3.26. The Kier molecular flexibility index (Phi) is 4.49. The van der Waals surface area contributed by atoms with Crippen LogP contribution in [0, 0.1) is 11.7 Å². The standard InChI is InChI=1S/C22H18FN3O2S/c1-28-22(27)14-11-26(12-14)10-13-4-5-15(17(23)9-13)21-25-20-16-3-2-8-24-18(16)6-7-19(20)29-21/h2-9,14H,10-12H2,1H3. The normalized spacial score (nSPS) is 15.0. The monoisotopic (exact) mass is 407 g/mol. The number of nitrogens with zero attached hydrogens (tertiary/aromatic N) is 3. The van der Waals surface area contributed by atoms with Crippen molar-refractivity contribution >= 4 is 38.4 Å². The first-order valence-corrected chi connectivity index (χ1v) is 10.2. The maximum absolute atomic E-state index is 14.9. The smallest absolute Gasteiger partial charge is 0.311 e. The van der Waals surface area contributed by atoms with Crippen LogP contribution in [0.1, 0.15) is 5.56 Å². The lowest BCUT2D eigenvalue weighted by Crippen LogP contribution is -2.49. The number of hydrogen-bond donors (Lipinski definition) is 0. The van der Waals surface area contributed by atoms with Gasteiger partial charge in [-0.25, -0.2) is 9.37 Å². The first-order chi connectivity index (χ1) is 14.1. The number of ether oxygens (including phenoxy) is 1. The number of carbonyl (C=O) groups excluding carboxylic acids is 1. The molecule has 0 radical (unpaired) electrons. The van der Waals surface area contributed by atoms with E-state index in [0.29, 0.717) is 30.2 Å². The number of benzene rings is 2. The molecule has 2 aromatic heterocycles. The zero-order valence-corrected chi connectivity index (χ0v) is 16.6. The Morgan fingerprint density at radius 3 is 2.93 bits per heavy atom. The van der Waals surface area contributed by atoms with Gasteiger partial charge >= 0.3 is 5.97 Å². The van der Waals surface area contributed by atoms with Crippen LogP contribution >= 0.6 is 11.3 Å². The van der Waals surface area contributed by atoms with E-state index in [1.807, 2.05) is 30.3 Å². The Balaban J connectivity index is 1.39. The summed E-state index contributed by atoms with van der Waals surface area (Å²) in [7, 11) is 1.40. The highest BCUT2D eigenvalue weighted by molar-refractivity contribution is 7.21. The third-order valence-electron chi connectivity index (χ3n) is 5.30. The van der Waals surface area contributed by atoms with Crippen LogP contribution in [0.5, 0.6) is 0 Å². The van der Waals surface area contributed by atoms with Crippen LogP contribution in [0.4, 0.5) is 4.39 Å². The highest BCUT2D eigenvalue weighted by Gasteiger charge is 2.33. The number of fused-ring (bicyclic) bond motifs is 3. The number of halogens is 1. The number of pyridine rings is 1. The molecule has 4 aromatic rings. The van der Waals surface area contributed by atoms with Crippen LogP contribution in [-0.2, 0) is 16.1 Å². The quantitative estimate of drug-likeness (QED) is 0.473. The zero-order valence-electron chi connectivity index (χ0n) is 15.8. The zero-order chi connectivity index (χ0) is 20.0. The van der Waals surface area contributed by atoms with Gasteiger partial charge in [0.2, 0.25) is 0 Å². The van der Waals surface area contributed by atoms with E-state index < -0.39 is 0 Å². The van der Waals surface area contributed by atoms with Crippen LogP contribution in [0.25, 0.3) is 31.7 Å². The summed E-state index contributed by atoms with van der Waals surface area (Å²) in [5.74, 6) is -0.536. The Bertz CT molecular complexity index is 1230. The molecule has 0 atom stereocenters. The van der Waals surface area contributed by atoms with E-state index in [2.05, 4.69) is 9.88 Å². The summed E-state index contributed by atoms with van der Waals surface area (Å²) in [4.78, 5) is 22.7. The number of rotatable bonds is 4. The molecular weight excluding hydrogens is 389 g/mol. The van der Waals surface area contributed by atoms with Crippen LogP contribution in [-0.4, -0.2) is 41.0 Å². The van der Waals surface area contributed by atoms with Gasteiger partial charge in [-0.05, 0) is 42.0 Å². The second kappa shape index (κ2) is 7.17. The Morgan fingerprint density at radius 2 is 2.14 bits per heavy atom. The fourth-order valence-electron chi connectivity index (χ4n) is 3.76. The molecule has 29 heavy (non-hydrogen) atoms. The average Bonchev–Trinajstić information content (AvgIpc) is 3.14. The van der Waals surface area contributed by atoms with Crippen molar-refractivity contribution in [1.29, 1.82) is 0 Å². The van der Waals surface area contributed by atoms with Gasteiger partial charge in [-0.3, -0.25) is 14.7 Å². The van der Waals surface area contributed by atoms with Crippen molar-refractivity contribution in [2.24, 2.45) is 5.92 Å². The lowest BCUT2D eigenvalue weighted by atomic mass is 9.99. The van der Waals surface area contributed by atoms with E-state index in [1.165, 1.54) is 18.4 Å². The molecule has 3 heterocycles. The molecule has 1 aliphatic heterocycles. The van der Waals surface area contributed by atoms with Gasteiger partial charge < -0.3 is 4.74 Å². The lowest BCUT2D eigenvalue weighted by molar-refractivity contribution is -0.151. The number of likely N-dealkylation sites (tertiary alicyclic amines) is 1. The van der Waals surface area contributed by atoms with Crippen molar-refractivity contribution < 1.29 is 13.9 Å². The van der Waals surface area contributed by atoms with Crippen molar-refractivity contribution in [1.82, 2.24) is 14.9 Å². The molecule has 0 bridgehead atoms. The van der Waals surface area contributed by atoms with Crippen molar-refractivity contribution in [2.45, 2.75) is 6.54 Å². The Hall–Kier alpha value is -2.90. The number of aromatic nitrogens is 2. The molecule has 7 heteroatoms. The molecule has 0 N–H and O–H groups in total. The Labute approximate surface area is 170 Å². The van der Waals surface area contributed by atoms with E-state index in [9.17, 15) is 9.18 Å². The summed E-state index contributed by atoms with van der Waals surface area (Å²) in [5.41, 5.74) is 3.12. The average molecular weight is 407 g/mol. The van der Waals surface area contributed by atoms with Crippen molar-refractivity contribution in [3.8, 4) is 10.6 Å². The fourth-order valence-corrected chi connectivity index (χ4v) is 4.77.